The number of carbonyl (C=O) groups is 4. The molecule has 3 aliphatic rings. The highest BCUT2D eigenvalue weighted by Gasteiger charge is 2.45. The number of aromatic nitrogens is 3. The van der Waals surface area contributed by atoms with Crippen molar-refractivity contribution >= 4 is 52.2 Å². The van der Waals surface area contributed by atoms with Crippen LogP contribution in [0.1, 0.15) is 92.1 Å². The smallest absolute Gasteiger partial charge is 0.266 e. The number of aliphatic imine (C=N–C) groups is 1. The minimum atomic E-state index is -0.797. The number of nitrogens with zero attached hydrogens (tertiary/aromatic N) is 5. The number of imide groups is 1. The summed E-state index contributed by atoms with van der Waals surface area (Å²) in [6.07, 6.45) is 1.62. The Balaban J connectivity index is 1.02. The van der Waals surface area contributed by atoms with Crippen LogP contribution < -0.4 is 10.1 Å². The summed E-state index contributed by atoms with van der Waals surface area (Å²) in [5, 5.41) is 13.4. The standard InChI is InChI=1S/C37H35ClN6O5S/c1-19-9-14-27(28(45)17-19)44-35(47)25-7-5-8-29(32(25)36(44)48)49-16-6-15-39-30(46)18-26-34-42-41-22(4)43(34)37-31(20(2)21(3)50-37)33(40-26)23-10-12-24(38)13-11-23/h5,7-8,10-13,26-27H,1,6,9,14-18H2,2-4H3,(H,39,46)/t26-,27?/m0/s1. The Morgan fingerprint density at radius 2 is 1.84 bits per heavy atom. The Morgan fingerprint density at radius 1 is 1.06 bits per heavy atom. The predicted molar refractivity (Wildman–Crippen MR) is 190 cm³/mol. The first-order valence-corrected chi connectivity index (χ1v) is 17.7. The number of amides is 3. The third-order valence-electron chi connectivity index (χ3n) is 9.42. The summed E-state index contributed by atoms with van der Waals surface area (Å²) in [7, 11) is 0. The number of benzene rings is 2. The number of hydrogen-bond donors (Lipinski definition) is 1. The van der Waals surface area contributed by atoms with E-state index in [-0.39, 0.29) is 48.0 Å². The zero-order chi connectivity index (χ0) is 35.3. The molecule has 13 heteroatoms. The molecule has 0 saturated heterocycles. The zero-order valence-corrected chi connectivity index (χ0v) is 29.5. The number of nitrogens with one attached hydrogen (secondary N) is 1. The largest absolute Gasteiger partial charge is 0.493 e. The van der Waals surface area contributed by atoms with Gasteiger partial charge in [0.25, 0.3) is 11.8 Å². The van der Waals surface area contributed by atoms with Crippen LogP contribution >= 0.6 is 22.9 Å². The number of ketones is 1. The third kappa shape index (κ3) is 5.96. The average molecular weight is 711 g/mol. The van der Waals surface area contributed by atoms with Gasteiger partial charge in [-0.2, -0.15) is 0 Å². The van der Waals surface area contributed by atoms with E-state index in [9.17, 15) is 19.2 Å². The van der Waals surface area contributed by atoms with E-state index in [0.29, 0.717) is 42.5 Å². The van der Waals surface area contributed by atoms with E-state index in [1.165, 1.54) is 0 Å². The lowest BCUT2D eigenvalue weighted by molar-refractivity contribution is -0.123. The van der Waals surface area contributed by atoms with Crippen LogP contribution in [0.2, 0.25) is 5.02 Å². The number of thiophene rings is 1. The molecule has 1 fully saturated rings. The molecule has 256 valence electrons. The molecular weight excluding hydrogens is 676 g/mol. The molecule has 1 N–H and O–H groups in total. The predicted octanol–water partition coefficient (Wildman–Crippen LogP) is 6.05. The van der Waals surface area contributed by atoms with Crippen LogP contribution in [0.15, 0.2) is 59.6 Å². The number of ether oxygens (including phenoxy) is 1. The van der Waals surface area contributed by atoms with Gasteiger partial charge < -0.3 is 10.1 Å². The minimum absolute atomic E-state index is 0.0505. The monoisotopic (exact) mass is 710 g/mol. The van der Waals surface area contributed by atoms with Crippen molar-refractivity contribution in [3.05, 3.63) is 104 Å². The van der Waals surface area contributed by atoms with E-state index in [4.69, 9.17) is 21.3 Å². The fourth-order valence-corrected chi connectivity index (χ4v) is 8.11. The second-order valence-electron chi connectivity index (χ2n) is 12.8. The number of allylic oxidation sites excluding steroid dienone is 1. The number of fused-ring (bicyclic) bond motifs is 4. The van der Waals surface area contributed by atoms with Gasteiger partial charge in [-0.1, -0.05) is 42.0 Å². The van der Waals surface area contributed by atoms with Gasteiger partial charge in [-0.25, -0.2) is 0 Å². The fourth-order valence-electron chi connectivity index (χ4n) is 6.77. The Hall–Kier alpha value is -4.94. The molecule has 1 saturated carbocycles. The summed E-state index contributed by atoms with van der Waals surface area (Å²) < 4.78 is 7.97. The molecule has 0 radical (unpaired) electrons. The van der Waals surface area contributed by atoms with Crippen LogP contribution in [-0.4, -0.2) is 68.1 Å². The van der Waals surface area contributed by atoms with Crippen molar-refractivity contribution in [3.8, 4) is 10.8 Å². The highest BCUT2D eigenvalue weighted by atomic mass is 35.5. The van der Waals surface area contributed by atoms with Gasteiger partial charge in [0.15, 0.2) is 11.6 Å². The lowest BCUT2D eigenvalue weighted by atomic mass is 9.89. The maximum absolute atomic E-state index is 13.4. The average Bonchev–Trinajstić information content (AvgIpc) is 3.66. The molecule has 0 spiro atoms. The highest BCUT2D eigenvalue weighted by molar-refractivity contribution is 7.15. The molecular formula is C37H35ClN6O5S. The van der Waals surface area contributed by atoms with E-state index in [1.54, 1.807) is 29.5 Å². The number of Topliss-reactive ketones (excluding diaryl/α,β-unsaturated/α-hetero) is 1. The Kier molecular flexibility index (Phi) is 9.00. The van der Waals surface area contributed by atoms with Crippen LogP contribution in [0.4, 0.5) is 0 Å². The first-order chi connectivity index (χ1) is 24.0. The first kappa shape index (κ1) is 33.6. The number of hydrogen-bond acceptors (Lipinski definition) is 9. The lowest BCUT2D eigenvalue weighted by Gasteiger charge is -2.29. The van der Waals surface area contributed by atoms with E-state index in [1.807, 2.05) is 35.8 Å². The summed E-state index contributed by atoms with van der Waals surface area (Å²) in [4.78, 5) is 60.0. The van der Waals surface area contributed by atoms with Crippen molar-refractivity contribution in [3.63, 3.8) is 0 Å². The molecule has 0 bridgehead atoms. The summed E-state index contributed by atoms with van der Waals surface area (Å²) in [6, 6.07) is 11.0. The zero-order valence-electron chi connectivity index (χ0n) is 27.9. The summed E-state index contributed by atoms with van der Waals surface area (Å²) in [6.45, 7) is 10.4. The van der Waals surface area contributed by atoms with E-state index in [0.717, 1.165) is 42.8 Å². The van der Waals surface area contributed by atoms with Crippen molar-refractivity contribution in [1.82, 2.24) is 25.0 Å². The summed E-state index contributed by atoms with van der Waals surface area (Å²) in [5.41, 5.74) is 4.97. The molecule has 2 aliphatic heterocycles. The normalized spacial score (nSPS) is 18.4. The molecule has 11 nitrogen and oxygen atoms in total. The first-order valence-electron chi connectivity index (χ1n) is 16.5. The molecule has 1 unspecified atom stereocenters. The Labute approximate surface area is 298 Å². The van der Waals surface area contributed by atoms with Crippen molar-refractivity contribution in [2.45, 2.75) is 65.0 Å². The quantitative estimate of drug-likeness (QED) is 0.127. The van der Waals surface area contributed by atoms with Gasteiger partial charge in [-0.3, -0.25) is 33.6 Å². The number of aryl methyl sites for hydroxylation is 2. The van der Waals surface area contributed by atoms with Gasteiger partial charge in [0.2, 0.25) is 5.91 Å². The summed E-state index contributed by atoms with van der Waals surface area (Å²) >= 11 is 7.86. The van der Waals surface area contributed by atoms with Crippen molar-refractivity contribution < 1.29 is 23.9 Å². The Bertz CT molecular complexity index is 2120. The maximum Gasteiger partial charge on any atom is 0.266 e. The maximum atomic E-state index is 13.4. The van der Waals surface area contributed by atoms with Gasteiger partial charge in [0.05, 0.1) is 35.9 Å². The van der Waals surface area contributed by atoms with Crippen molar-refractivity contribution in [1.29, 1.82) is 0 Å². The molecule has 2 aromatic carbocycles. The molecule has 2 aromatic heterocycles. The van der Waals surface area contributed by atoms with Gasteiger partial charge in [0, 0.05) is 34.0 Å². The van der Waals surface area contributed by atoms with Gasteiger partial charge in [0.1, 0.15) is 22.6 Å². The van der Waals surface area contributed by atoms with Crippen molar-refractivity contribution in [2.75, 3.05) is 13.2 Å². The van der Waals surface area contributed by atoms with Crippen LogP contribution in [0.5, 0.6) is 5.75 Å². The molecule has 2 atom stereocenters. The van der Waals surface area contributed by atoms with E-state index >= 15 is 0 Å². The molecule has 50 heavy (non-hydrogen) atoms. The SMILES string of the molecule is C=C1CCC(N2C(=O)c3cccc(OCCCNC(=O)C[C@@H]4N=C(c5ccc(Cl)cc5)c5c(sc(C)c5C)-n5c(C)nnc54)c3C2=O)C(=O)C1. The molecule has 1 aliphatic carbocycles. The van der Waals surface area contributed by atoms with E-state index in [2.05, 4.69) is 35.9 Å². The van der Waals surface area contributed by atoms with Crippen LogP contribution in [0.25, 0.3) is 5.00 Å². The number of halogens is 1. The fraction of sp³-hybridized carbons (Fsp3) is 0.324. The van der Waals surface area contributed by atoms with Crippen LogP contribution in [-0.2, 0) is 9.59 Å². The lowest BCUT2D eigenvalue weighted by Crippen LogP contribution is -2.46. The highest BCUT2D eigenvalue weighted by Crippen LogP contribution is 2.40. The molecule has 4 heterocycles. The third-order valence-corrected chi connectivity index (χ3v) is 10.9. The molecule has 7 rings (SSSR count). The topological polar surface area (TPSA) is 136 Å². The Morgan fingerprint density at radius 3 is 2.60 bits per heavy atom. The van der Waals surface area contributed by atoms with Gasteiger partial charge in [-0.05, 0) is 69.9 Å². The second kappa shape index (κ2) is 13.4. The minimum Gasteiger partial charge on any atom is -0.493 e. The van der Waals surface area contributed by atoms with Crippen molar-refractivity contribution in [2.24, 2.45) is 4.99 Å². The second-order valence-corrected chi connectivity index (χ2v) is 14.4. The molecule has 3 amide bonds. The molecule has 4 aromatic rings. The number of rotatable bonds is 9. The van der Waals surface area contributed by atoms with E-state index < -0.39 is 23.9 Å². The summed E-state index contributed by atoms with van der Waals surface area (Å²) in [5.74, 6) is 0.184. The van der Waals surface area contributed by atoms with Gasteiger partial charge in [-0.15, -0.1) is 21.5 Å². The van der Waals surface area contributed by atoms with Crippen LogP contribution in [0.3, 0.4) is 0 Å². The number of carbonyl (C=O) groups excluding carboxylic acids is 4. The van der Waals surface area contributed by atoms with Crippen LogP contribution in [0, 0.1) is 20.8 Å². The van der Waals surface area contributed by atoms with Gasteiger partial charge >= 0.3 is 0 Å².